The number of allylic oxidation sites excluding steroid dienone is 2. The number of phenols is 2. The minimum absolute atomic E-state index is 0.0322. The van der Waals surface area contributed by atoms with Crippen molar-refractivity contribution in [1.82, 2.24) is 5.01 Å². The van der Waals surface area contributed by atoms with Crippen molar-refractivity contribution in [2.75, 3.05) is 0 Å². The number of nitro groups is 1. The van der Waals surface area contributed by atoms with Crippen LogP contribution in [0.5, 0.6) is 11.5 Å². The predicted octanol–water partition coefficient (Wildman–Crippen LogP) is 1.54. The zero-order valence-electron chi connectivity index (χ0n) is 13.5. The lowest BCUT2D eigenvalue weighted by Crippen LogP contribution is -2.38. The molecule has 1 saturated carbocycles. The van der Waals surface area contributed by atoms with Gasteiger partial charge in [0.2, 0.25) is 0 Å². The van der Waals surface area contributed by atoms with Crippen molar-refractivity contribution in [2.45, 2.75) is 12.8 Å². The third-order valence-corrected chi connectivity index (χ3v) is 5.37. The van der Waals surface area contributed by atoms with Gasteiger partial charge in [0.25, 0.3) is 11.8 Å². The molecule has 1 aliphatic heterocycles. The number of rotatable bonds is 3. The van der Waals surface area contributed by atoms with Crippen LogP contribution in [0.25, 0.3) is 0 Å². The monoisotopic (exact) mass is 357 g/mol. The Balaban J connectivity index is 1.64. The highest BCUT2D eigenvalue weighted by molar-refractivity contribution is 6.06. The fourth-order valence-corrected chi connectivity index (χ4v) is 4.12. The van der Waals surface area contributed by atoms with E-state index in [2.05, 4.69) is 5.10 Å². The largest absolute Gasteiger partial charge is 0.507 e. The second-order valence-electron chi connectivity index (χ2n) is 6.73. The van der Waals surface area contributed by atoms with Crippen LogP contribution >= 0.6 is 0 Å². The van der Waals surface area contributed by atoms with Crippen LogP contribution < -0.4 is 0 Å². The van der Waals surface area contributed by atoms with E-state index in [9.17, 15) is 29.9 Å². The SMILES string of the molecule is O=C1[C@@H]2[C@H](C(=O)N1/N=C\c1cc([N+](=O)[O-])c(O)cc1O)[C@H]1C=C[C@H]2CC1. The van der Waals surface area contributed by atoms with Gasteiger partial charge in [0.1, 0.15) is 5.75 Å². The van der Waals surface area contributed by atoms with Gasteiger partial charge in [0.15, 0.2) is 5.75 Å². The average molecular weight is 357 g/mol. The molecule has 4 atom stereocenters. The summed E-state index contributed by atoms with van der Waals surface area (Å²) in [5.41, 5.74) is -0.690. The molecule has 2 amide bonds. The highest BCUT2D eigenvalue weighted by Crippen LogP contribution is 2.49. The number of nitro benzene ring substituents is 1. The summed E-state index contributed by atoms with van der Waals surface area (Å²) in [6.45, 7) is 0. The molecule has 9 heteroatoms. The third-order valence-electron chi connectivity index (χ3n) is 5.37. The van der Waals surface area contributed by atoms with Crippen molar-refractivity contribution in [3.8, 4) is 11.5 Å². The van der Waals surface area contributed by atoms with Crippen molar-refractivity contribution in [2.24, 2.45) is 28.8 Å². The third kappa shape index (κ3) is 2.27. The van der Waals surface area contributed by atoms with Gasteiger partial charge in [-0.25, -0.2) is 0 Å². The zero-order valence-corrected chi connectivity index (χ0v) is 13.5. The molecule has 0 radical (unpaired) electrons. The van der Waals surface area contributed by atoms with Crippen LogP contribution in [0, 0.1) is 33.8 Å². The van der Waals surface area contributed by atoms with Crippen LogP contribution in [0.15, 0.2) is 29.4 Å². The van der Waals surface area contributed by atoms with Crippen LogP contribution in [0.2, 0.25) is 0 Å². The first-order chi connectivity index (χ1) is 12.4. The number of hydrogen-bond acceptors (Lipinski definition) is 7. The minimum atomic E-state index is -0.809. The second kappa shape index (κ2) is 5.65. The standard InChI is InChI=1S/C17H15N3O6/c21-12-6-13(22)11(20(25)26)5-10(12)7-18-19-16(23)14-8-1-2-9(4-3-8)15(14)17(19)24/h1-2,5-9,14-15,21-22H,3-4H2/b18-7-/t8-,9-,14-,15+/m0/s1. The number of fused-ring (bicyclic) bond motifs is 1. The molecule has 5 rings (SSSR count). The molecular weight excluding hydrogens is 342 g/mol. The molecule has 26 heavy (non-hydrogen) atoms. The van der Waals surface area contributed by atoms with E-state index >= 15 is 0 Å². The second-order valence-corrected chi connectivity index (χ2v) is 6.73. The number of benzene rings is 1. The number of phenolic OH excluding ortho intramolecular Hbond substituents is 2. The first-order valence-corrected chi connectivity index (χ1v) is 8.19. The fraction of sp³-hybridized carbons (Fsp3) is 0.353. The number of carbonyl (C=O) groups is 2. The summed E-state index contributed by atoms with van der Waals surface area (Å²) < 4.78 is 0. The predicted molar refractivity (Wildman–Crippen MR) is 88.2 cm³/mol. The van der Waals surface area contributed by atoms with Gasteiger partial charge in [-0.1, -0.05) is 12.2 Å². The number of imide groups is 1. The summed E-state index contributed by atoms with van der Waals surface area (Å²) in [6.07, 6.45) is 6.73. The summed E-state index contributed by atoms with van der Waals surface area (Å²) in [6, 6.07) is 1.74. The number of aromatic hydroxyl groups is 2. The Morgan fingerprint density at radius 1 is 1.08 bits per heavy atom. The lowest BCUT2D eigenvalue weighted by molar-refractivity contribution is -0.385. The molecule has 1 saturated heterocycles. The average Bonchev–Trinajstić information content (AvgIpc) is 2.88. The lowest BCUT2D eigenvalue weighted by atomic mass is 9.63. The maximum atomic E-state index is 12.6. The molecule has 0 spiro atoms. The number of hydrazone groups is 1. The van der Waals surface area contributed by atoms with E-state index in [1.165, 1.54) is 0 Å². The molecule has 1 aromatic rings. The highest BCUT2D eigenvalue weighted by atomic mass is 16.6. The van der Waals surface area contributed by atoms with Gasteiger partial charge in [0.05, 0.1) is 23.0 Å². The quantitative estimate of drug-likeness (QED) is 0.277. The fourth-order valence-electron chi connectivity index (χ4n) is 4.12. The molecular formula is C17H15N3O6. The van der Waals surface area contributed by atoms with Gasteiger partial charge >= 0.3 is 5.69 Å². The van der Waals surface area contributed by atoms with Gasteiger partial charge in [-0.2, -0.15) is 10.1 Å². The van der Waals surface area contributed by atoms with Gasteiger partial charge < -0.3 is 10.2 Å². The van der Waals surface area contributed by atoms with Crippen LogP contribution in [0.3, 0.4) is 0 Å². The minimum Gasteiger partial charge on any atom is -0.507 e. The molecule has 1 heterocycles. The molecule has 134 valence electrons. The van der Waals surface area contributed by atoms with Crippen LogP contribution in [-0.4, -0.2) is 38.2 Å². The van der Waals surface area contributed by atoms with Gasteiger partial charge in [0, 0.05) is 17.7 Å². The van der Waals surface area contributed by atoms with Crippen molar-refractivity contribution >= 4 is 23.7 Å². The Kier molecular flexibility index (Phi) is 3.53. The normalized spacial score (nSPS) is 29.6. The molecule has 1 aromatic carbocycles. The molecule has 2 bridgehead atoms. The maximum absolute atomic E-state index is 12.6. The Hall–Kier alpha value is -3.23. The topological polar surface area (TPSA) is 133 Å². The molecule has 2 fully saturated rings. The van der Waals surface area contributed by atoms with Gasteiger partial charge in [-0.15, -0.1) is 0 Å². The van der Waals surface area contributed by atoms with E-state index in [0.29, 0.717) is 0 Å². The molecule has 3 aliphatic carbocycles. The van der Waals surface area contributed by atoms with Crippen LogP contribution in [-0.2, 0) is 9.59 Å². The summed E-state index contributed by atoms with van der Waals surface area (Å²) >= 11 is 0. The maximum Gasteiger partial charge on any atom is 0.311 e. The van der Waals surface area contributed by atoms with Gasteiger partial charge in [-0.3, -0.25) is 19.7 Å². The number of carbonyl (C=O) groups excluding carboxylic acids is 2. The Morgan fingerprint density at radius 3 is 2.15 bits per heavy atom. The Bertz CT molecular complexity index is 861. The van der Waals surface area contributed by atoms with Gasteiger partial charge in [-0.05, 0) is 24.7 Å². The van der Waals surface area contributed by atoms with Crippen molar-refractivity contribution in [3.05, 3.63) is 40.0 Å². The molecule has 0 aromatic heterocycles. The molecule has 2 N–H and O–H groups in total. The highest BCUT2D eigenvalue weighted by Gasteiger charge is 2.56. The van der Waals surface area contributed by atoms with E-state index in [1.54, 1.807) is 0 Å². The molecule has 0 unspecified atom stereocenters. The number of nitrogens with zero attached hydrogens (tertiary/aromatic N) is 3. The smallest absolute Gasteiger partial charge is 0.311 e. The number of amides is 2. The first-order valence-electron chi connectivity index (χ1n) is 8.19. The van der Waals surface area contributed by atoms with Crippen molar-refractivity contribution < 1.29 is 24.7 Å². The van der Waals surface area contributed by atoms with E-state index in [1.807, 2.05) is 12.2 Å². The van der Waals surface area contributed by atoms with Crippen molar-refractivity contribution in [1.29, 1.82) is 0 Å². The summed E-state index contributed by atoms with van der Waals surface area (Å²) in [7, 11) is 0. The zero-order chi connectivity index (χ0) is 18.6. The summed E-state index contributed by atoms with van der Waals surface area (Å²) in [5.74, 6) is -2.67. The van der Waals surface area contributed by atoms with Crippen LogP contribution in [0.4, 0.5) is 5.69 Å². The number of hydrogen-bond donors (Lipinski definition) is 2. The molecule has 9 nitrogen and oxygen atoms in total. The van der Waals surface area contributed by atoms with E-state index in [-0.39, 0.29) is 29.2 Å². The summed E-state index contributed by atoms with van der Waals surface area (Å²) in [5, 5.41) is 34.9. The molecule has 4 aliphatic rings. The first kappa shape index (κ1) is 16.2. The lowest BCUT2D eigenvalue weighted by Gasteiger charge is -2.37. The van der Waals surface area contributed by atoms with Crippen molar-refractivity contribution in [3.63, 3.8) is 0 Å². The van der Waals surface area contributed by atoms with E-state index in [0.717, 1.165) is 36.2 Å². The van der Waals surface area contributed by atoms with Crippen LogP contribution in [0.1, 0.15) is 18.4 Å². The Morgan fingerprint density at radius 2 is 1.65 bits per heavy atom. The van der Waals surface area contributed by atoms with E-state index in [4.69, 9.17) is 0 Å². The van der Waals surface area contributed by atoms with E-state index < -0.39 is 33.9 Å². The Labute approximate surface area is 147 Å². The summed E-state index contributed by atoms with van der Waals surface area (Å²) in [4.78, 5) is 35.3.